The predicted octanol–water partition coefficient (Wildman–Crippen LogP) is 1.89. The van der Waals surface area contributed by atoms with Gasteiger partial charge in [0.15, 0.2) is 0 Å². The van der Waals surface area contributed by atoms with Gasteiger partial charge in [0.05, 0.1) is 13.2 Å². The van der Waals surface area contributed by atoms with E-state index in [1.165, 1.54) is 5.57 Å². The summed E-state index contributed by atoms with van der Waals surface area (Å²) in [6.07, 6.45) is 5.63. The molecule has 1 aliphatic rings. The Labute approximate surface area is 86.0 Å². The van der Waals surface area contributed by atoms with Crippen LogP contribution >= 0.6 is 0 Å². The Hall–Kier alpha value is -0.600. The van der Waals surface area contributed by atoms with E-state index >= 15 is 0 Å². The molecule has 0 aromatic rings. The fourth-order valence-electron chi connectivity index (χ4n) is 2.48. The molecule has 14 heavy (non-hydrogen) atoms. The van der Waals surface area contributed by atoms with Crippen LogP contribution in [0.25, 0.3) is 0 Å². The van der Waals surface area contributed by atoms with Crippen LogP contribution < -0.4 is 0 Å². The van der Waals surface area contributed by atoms with Crippen LogP contribution in [0.3, 0.4) is 0 Å². The molecule has 0 bridgehead atoms. The molecule has 2 heteroatoms. The van der Waals surface area contributed by atoms with Crippen molar-refractivity contribution >= 4 is 0 Å². The predicted molar refractivity (Wildman–Crippen MR) is 57.9 cm³/mol. The lowest BCUT2D eigenvalue weighted by Crippen LogP contribution is -2.37. The second-order valence-corrected chi connectivity index (χ2v) is 4.27. The summed E-state index contributed by atoms with van der Waals surface area (Å²) in [5.74, 6) is 0.260. The van der Waals surface area contributed by atoms with Crippen LogP contribution in [0, 0.1) is 11.3 Å². The molecule has 0 aromatic carbocycles. The molecule has 1 aliphatic carbocycles. The number of aliphatic hydroxyl groups is 2. The molecule has 0 aliphatic heterocycles. The Morgan fingerprint density at radius 3 is 2.43 bits per heavy atom. The average molecular weight is 196 g/mol. The first-order valence-electron chi connectivity index (χ1n) is 5.20. The van der Waals surface area contributed by atoms with Gasteiger partial charge in [-0.05, 0) is 31.6 Å². The Bertz CT molecular complexity index is 216. The molecule has 1 unspecified atom stereocenters. The third kappa shape index (κ3) is 1.91. The zero-order valence-electron chi connectivity index (χ0n) is 8.71. The van der Waals surface area contributed by atoms with E-state index in [9.17, 15) is 10.2 Å². The minimum absolute atomic E-state index is 0.0131. The van der Waals surface area contributed by atoms with Gasteiger partial charge in [-0.1, -0.05) is 18.2 Å². The maximum Gasteiger partial charge on any atom is 0.0518 e. The summed E-state index contributed by atoms with van der Waals surface area (Å²) >= 11 is 0. The van der Waals surface area contributed by atoms with Crippen LogP contribution in [-0.2, 0) is 0 Å². The van der Waals surface area contributed by atoms with Crippen molar-refractivity contribution in [2.75, 3.05) is 13.2 Å². The molecule has 1 fully saturated rings. The van der Waals surface area contributed by atoms with Gasteiger partial charge in [-0.25, -0.2) is 0 Å². The van der Waals surface area contributed by atoms with Crippen molar-refractivity contribution in [1.29, 1.82) is 0 Å². The van der Waals surface area contributed by atoms with Crippen molar-refractivity contribution in [3.63, 3.8) is 0 Å². The van der Waals surface area contributed by atoms with E-state index in [-0.39, 0.29) is 19.1 Å². The van der Waals surface area contributed by atoms with Crippen molar-refractivity contribution in [2.24, 2.45) is 11.3 Å². The van der Waals surface area contributed by atoms with Gasteiger partial charge in [0.25, 0.3) is 0 Å². The number of hydrogen-bond acceptors (Lipinski definition) is 2. The van der Waals surface area contributed by atoms with Crippen LogP contribution in [0.1, 0.15) is 25.7 Å². The van der Waals surface area contributed by atoms with E-state index in [1.807, 2.05) is 0 Å². The summed E-state index contributed by atoms with van der Waals surface area (Å²) in [6.45, 7) is 7.74. The molecule has 2 N–H and O–H groups in total. The lowest BCUT2D eigenvalue weighted by molar-refractivity contribution is 0.0204. The molecule has 0 heterocycles. The standard InChI is InChI=1S/C12H20O2/c1-3-7-12(8-13,9-14)11-6-4-5-10(11)2/h3,11,13-14H,1-2,4-9H2. The molecule has 0 spiro atoms. The van der Waals surface area contributed by atoms with Crippen molar-refractivity contribution in [3.8, 4) is 0 Å². The van der Waals surface area contributed by atoms with Gasteiger partial charge in [-0.15, -0.1) is 6.58 Å². The van der Waals surface area contributed by atoms with E-state index in [0.717, 1.165) is 19.3 Å². The Morgan fingerprint density at radius 2 is 2.07 bits per heavy atom. The third-order valence-electron chi connectivity index (χ3n) is 3.40. The Balaban J connectivity index is 2.84. The van der Waals surface area contributed by atoms with E-state index < -0.39 is 5.41 Å². The van der Waals surface area contributed by atoms with Gasteiger partial charge >= 0.3 is 0 Å². The van der Waals surface area contributed by atoms with Crippen LogP contribution in [0.5, 0.6) is 0 Å². The van der Waals surface area contributed by atoms with Gasteiger partial charge in [0.1, 0.15) is 0 Å². The van der Waals surface area contributed by atoms with Crippen LogP contribution in [0.4, 0.5) is 0 Å². The summed E-state index contributed by atoms with van der Waals surface area (Å²) in [6, 6.07) is 0. The van der Waals surface area contributed by atoms with E-state index in [2.05, 4.69) is 13.2 Å². The first kappa shape index (κ1) is 11.5. The number of rotatable bonds is 5. The minimum atomic E-state index is -0.421. The topological polar surface area (TPSA) is 40.5 Å². The molecule has 1 saturated carbocycles. The summed E-state index contributed by atoms with van der Waals surface area (Å²) in [4.78, 5) is 0. The third-order valence-corrected chi connectivity index (χ3v) is 3.40. The fraction of sp³-hybridized carbons (Fsp3) is 0.667. The highest BCUT2D eigenvalue weighted by Crippen LogP contribution is 2.44. The summed E-state index contributed by atoms with van der Waals surface area (Å²) in [5, 5.41) is 18.9. The Kier molecular flexibility index (Phi) is 3.90. The van der Waals surface area contributed by atoms with E-state index in [4.69, 9.17) is 0 Å². The Morgan fingerprint density at radius 1 is 1.43 bits per heavy atom. The molecule has 0 amide bonds. The highest BCUT2D eigenvalue weighted by molar-refractivity contribution is 5.13. The first-order chi connectivity index (χ1) is 6.70. The maximum absolute atomic E-state index is 9.44. The molecule has 2 nitrogen and oxygen atoms in total. The van der Waals surface area contributed by atoms with Crippen LogP contribution in [-0.4, -0.2) is 23.4 Å². The van der Waals surface area contributed by atoms with Crippen LogP contribution in [0.2, 0.25) is 0 Å². The highest BCUT2D eigenvalue weighted by Gasteiger charge is 2.40. The fourth-order valence-corrected chi connectivity index (χ4v) is 2.48. The molecule has 0 saturated heterocycles. The van der Waals surface area contributed by atoms with Gasteiger partial charge < -0.3 is 10.2 Å². The molecule has 1 rings (SSSR count). The van der Waals surface area contributed by atoms with E-state index in [1.54, 1.807) is 6.08 Å². The molecular formula is C12H20O2. The number of aliphatic hydroxyl groups excluding tert-OH is 2. The summed E-state index contributed by atoms with van der Waals surface area (Å²) < 4.78 is 0. The SMILES string of the molecule is C=CCC(CO)(CO)C1CCCC1=C. The zero-order chi connectivity index (χ0) is 10.6. The minimum Gasteiger partial charge on any atom is -0.396 e. The average Bonchev–Trinajstić information content (AvgIpc) is 2.62. The molecular weight excluding hydrogens is 176 g/mol. The maximum atomic E-state index is 9.44. The first-order valence-corrected chi connectivity index (χ1v) is 5.20. The normalized spacial score (nSPS) is 22.7. The number of hydrogen-bond donors (Lipinski definition) is 2. The largest absolute Gasteiger partial charge is 0.396 e. The van der Waals surface area contributed by atoms with Crippen LogP contribution in [0.15, 0.2) is 24.8 Å². The number of allylic oxidation sites excluding steroid dienone is 2. The lowest BCUT2D eigenvalue weighted by Gasteiger charge is -2.35. The van der Waals surface area contributed by atoms with Crippen molar-refractivity contribution in [1.82, 2.24) is 0 Å². The van der Waals surface area contributed by atoms with Crippen molar-refractivity contribution in [2.45, 2.75) is 25.7 Å². The second kappa shape index (κ2) is 4.76. The molecule has 0 aromatic heterocycles. The lowest BCUT2D eigenvalue weighted by atomic mass is 9.71. The second-order valence-electron chi connectivity index (χ2n) is 4.27. The highest BCUT2D eigenvalue weighted by atomic mass is 16.3. The molecule has 80 valence electrons. The smallest absolute Gasteiger partial charge is 0.0518 e. The summed E-state index contributed by atoms with van der Waals surface area (Å²) in [7, 11) is 0. The van der Waals surface area contributed by atoms with Gasteiger partial charge in [0, 0.05) is 5.41 Å². The molecule has 0 radical (unpaired) electrons. The molecule has 1 atom stereocenters. The zero-order valence-corrected chi connectivity index (χ0v) is 8.71. The monoisotopic (exact) mass is 196 g/mol. The van der Waals surface area contributed by atoms with Gasteiger partial charge in [0.2, 0.25) is 0 Å². The van der Waals surface area contributed by atoms with Gasteiger partial charge in [-0.2, -0.15) is 0 Å². The van der Waals surface area contributed by atoms with Crippen molar-refractivity contribution in [3.05, 3.63) is 24.8 Å². The van der Waals surface area contributed by atoms with Gasteiger partial charge in [-0.3, -0.25) is 0 Å². The van der Waals surface area contributed by atoms with Crippen molar-refractivity contribution < 1.29 is 10.2 Å². The quantitative estimate of drug-likeness (QED) is 0.659. The van der Waals surface area contributed by atoms with E-state index in [0.29, 0.717) is 6.42 Å². The summed E-state index contributed by atoms with van der Waals surface area (Å²) in [5.41, 5.74) is 0.755.